The fourth-order valence-electron chi connectivity index (χ4n) is 2.98. The first-order valence-electron chi connectivity index (χ1n) is 8.21. The molecule has 3 heterocycles. The zero-order chi connectivity index (χ0) is 17.2. The topological polar surface area (TPSA) is 99.2 Å². The minimum atomic E-state index is -0.264. The molecule has 8 heteroatoms. The third kappa shape index (κ3) is 3.16. The van der Waals surface area contributed by atoms with Gasteiger partial charge >= 0.3 is 0 Å². The number of nitrogens with zero attached hydrogens (tertiary/aromatic N) is 3. The van der Waals surface area contributed by atoms with Crippen molar-refractivity contribution in [3.8, 4) is 11.3 Å². The van der Waals surface area contributed by atoms with E-state index in [0.29, 0.717) is 16.9 Å². The van der Waals surface area contributed by atoms with E-state index in [1.54, 1.807) is 24.5 Å². The predicted octanol–water partition coefficient (Wildman–Crippen LogP) is 0.235. The molecule has 2 aromatic rings. The first-order chi connectivity index (χ1) is 12.2. The Morgan fingerprint density at radius 1 is 1.04 bits per heavy atom. The number of benzene rings is 1. The van der Waals surface area contributed by atoms with E-state index in [9.17, 15) is 9.59 Å². The largest absolute Gasteiger partial charge is 0.353 e. The van der Waals surface area contributed by atoms with Crippen molar-refractivity contribution < 1.29 is 9.59 Å². The number of hydrogen-bond donors (Lipinski definition) is 3. The van der Waals surface area contributed by atoms with E-state index in [-0.39, 0.29) is 18.4 Å². The summed E-state index contributed by atoms with van der Waals surface area (Å²) in [5, 5.41) is 8.61. The number of aromatic nitrogens is 2. The molecule has 1 aromatic heterocycles. The molecule has 1 saturated heterocycles. The summed E-state index contributed by atoms with van der Waals surface area (Å²) < 4.78 is 0. The summed E-state index contributed by atoms with van der Waals surface area (Å²) >= 11 is 0. The van der Waals surface area contributed by atoms with Gasteiger partial charge in [-0.1, -0.05) is 6.07 Å². The van der Waals surface area contributed by atoms with Crippen LogP contribution in [0.5, 0.6) is 0 Å². The van der Waals surface area contributed by atoms with Gasteiger partial charge in [-0.2, -0.15) is 0 Å². The Morgan fingerprint density at radius 3 is 2.64 bits per heavy atom. The average Bonchev–Trinajstić information content (AvgIpc) is 2.80. The number of nitrogens with one attached hydrogen (secondary N) is 3. The molecule has 0 aliphatic carbocycles. The molecule has 1 aromatic carbocycles. The zero-order valence-corrected chi connectivity index (χ0v) is 13.6. The van der Waals surface area contributed by atoms with Crippen molar-refractivity contribution >= 4 is 23.3 Å². The van der Waals surface area contributed by atoms with Gasteiger partial charge in [0.2, 0.25) is 5.91 Å². The Bertz CT molecular complexity index is 814. The Labute approximate surface area is 144 Å². The summed E-state index contributed by atoms with van der Waals surface area (Å²) in [6.45, 7) is 3.68. The maximum absolute atomic E-state index is 12.0. The van der Waals surface area contributed by atoms with E-state index < -0.39 is 0 Å². The SMILES string of the molecule is O=C1CNC(=O)c2ccc(-c3cnc(N4CCNCC4)cn3)cc2N1. The van der Waals surface area contributed by atoms with Crippen molar-refractivity contribution in [2.75, 3.05) is 42.9 Å². The molecular weight excluding hydrogens is 320 g/mol. The van der Waals surface area contributed by atoms with Gasteiger partial charge in [-0.05, 0) is 12.1 Å². The number of hydrogen-bond acceptors (Lipinski definition) is 6. The number of anilines is 2. The van der Waals surface area contributed by atoms with Crippen molar-refractivity contribution in [2.24, 2.45) is 0 Å². The maximum atomic E-state index is 12.0. The Morgan fingerprint density at radius 2 is 1.88 bits per heavy atom. The highest BCUT2D eigenvalue weighted by Gasteiger charge is 2.19. The Balaban J connectivity index is 1.61. The van der Waals surface area contributed by atoms with Crippen LogP contribution >= 0.6 is 0 Å². The number of carbonyl (C=O) groups excluding carboxylic acids is 2. The van der Waals surface area contributed by atoms with E-state index in [0.717, 1.165) is 37.6 Å². The number of fused-ring (bicyclic) bond motifs is 1. The van der Waals surface area contributed by atoms with Crippen LogP contribution in [0.2, 0.25) is 0 Å². The quantitative estimate of drug-likeness (QED) is 0.725. The summed E-state index contributed by atoms with van der Waals surface area (Å²) in [6.07, 6.45) is 3.48. The van der Waals surface area contributed by atoms with Crippen LogP contribution in [0.1, 0.15) is 10.4 Å². The van der Waals surface area contributed by atoms with Crippen LogP contribution in [0.4, 0.5) is 11.5 Å². The third-order valence-electron chi connectivity index (χ3n) is 4.32. The minimum Gasteiger partial charge on any atom is -0.353 e. The second kappa shape index (κ2) is 6.48. The van der Waals surface area contributed by atoms with Gasteiger partial charge in [0.1, 0.15) is 5.82 Å². The molecule has 0 atom stereocenters. The molecule has 0 radical (unpaired) electrons. The summed E-state index contributed by atoms with van der Waals surface area (Å²) in [5.41, 5.74) is 2.43. The molecule has 4 rings (SSSR count). The lowest BCUT2D eigenvalue weighted by Crippen LogP contribution is -2.43. The van der Waals surface area contributed by atoms with Crippen LogP contribution in [0.15, 0.2) is 30.6 Å². The minimum absolute atomic E-state index is 0.0258. The molecule has 0 unspecified atom stereocenters. The number of amides is 2. The van der Waals surface area contributed by atoms with Gasteiger partial charge in [-0.15, -0.1) is 0 Å². The normalized spacial score (nSPS) is 17.4. The highest BCUT2D eigenvalue weighted by molar-refractivity contribution is 6.09. The lowest BCUT2D eigenvalue weighted by atomic mass is 10.1. The molecule has 25 heavy (non-hydrogen) atoms. The van der Waals surface area contributed by atoms with Gasteiger partial charge in [0.25, 0.3) is 5.91 Å². The molecule has 2 aliphatic rings. The second-order valence-electron chi connectivity index (χ2n) is 5.99. The molecule has 0 saturated carbocycles. The van der Waals surface area contributed by atoms with Crippen molar-refractivity contribution in [1.29, 1.82) is 0 Å². The smallest absolute Gasteiger partial charge is 0.253 e. The molecule has 1 fully saturated rings. The summed E-state index contributed by atoms with van der Waals surface area (Å²) in [6, 6.07) is 5.26. The molecule has 2 aliphatic heterocycles. The second-order valence-corrected chi connectivity index (χ2v) is 5.99. The molecule has 3 N–H and O–H groups in total. The molecule has 0 spiro atoms. The molecule has 8 nitrogen and oxygen atoms in total. The highest BCUT2D eigenvalue weighted by atomic mass is 16.2. The summed E-state index contributed by atoms with van der Waals surface area (Å²) in [5.74, 6) is 0.345. The van der Waals surface area contributed by atoms with Crippen LogP contribution in [-0.2, 0) is 4.79 Å². The first kappa shape index (κ1) is 15.5. The van der Waals surface area contributed by atoms with Gasteiger partial charge in [0.15, 0.2) is 0 Å². The molecular formula is C17H18N6O2. The zero-order valence-electron chi connectivity index (χ0n) is 13.6. The van der Waals surface area contributed by atoms with Gasteiger partial charge in [0, 0.05) is 31.7 Å². The number of rotatable bonds is 2. The Hall–Kier alpha value is -3.00. The molecule has 128 valence electrons. The molecule has 2 amide bonds. The van der Waals surface area contributed by atoms with Crippen LogP contribution in [0.3, 0.4) is 0 Å². The van der Waals surface area contributed by atoms with Crippen molar-refractivity contribution in [3.05, 3.63) is 36.2 Å². The highest BCUT2D eigenvalue weighted by Crippen LogP contribution is 2.26. The monoisotopic (exact) mass is 338 g/mol. The predicted molar refractivity (Wildman–Crippen MR) is 93.5 cm³/mol. The van der Waals surface area contributed by atoms with Gasteiger partial charge in [0.05, 0.1) is 35.9 Å². The number of carbonyl (C=O) groups is 2. The third-order valence-corrected chi connectivity index (χ3v) is 4.32. The first-order valence-corrected chi connectivity index (χ1v) is 8.21. The van der Waals surface area contributed by atoms with E-state index >= 15 is 0 Å². The average molecular weight is 338 g/mol. The fourth-order valence-corrected chi connectivity index (χ4v) is 2.98. The summed E-state index contributed by atoms with van der Waals surface area (Å²) in [7, 11) is 0. The lowest BCUT2D eigenvalue weighted by Gasteiger charge is -2.28. The standard InChI is InChI=1S/C17H18N6O2/c24-16-10-21-17(25)12-2-1-11(7-13(12)22-16)14-8-20-15(9-19-14)23-5-3-18-4-6-23/h1-2,7-9,18H,3-6,10H2,(H,21,25)(H,22,24). The van der Waals surface area contributed by atoms with Gasteiger partial charge in [-0.3, -0.25) is 14.6 Å². The van der Waals surface area contributed by atoms with Gasteiger partial charge in [-0.25, -0.2) is 4.98 Å². The van der Waals surface area contributed by atoms with Gasteiger partial charge < -0.3 is 20.9 Å². The van der Waals surface area contributed by atoms with E-state index in [1.807, 2.05) is 6.07 Å². The van der Waals surface area contributed by atoms with Crippen LogP contribution in [0.25, 0.3) is 11.3 Å². The Kier molecular flexibility index (Phi) is 4.02. The van der Waals surface area contributed by atoms with Crippen molar-refractivity contribution in [1.82, 2.24) is 20.6 Å². The van der Waals surface area contributed by atoms with E-state index in [1.165, 1.54) is 0 Å². The van der Waals surface area contributed by atoms with Crippen molar-refractivity contribution in [2.45, 2.75) is 0 Å². The van der Waals surface area contributed by atoms with E-state index in [4.69, 9.17) is 0 Å². The fraction of sp³-hybridized carbons (Fsp3) is 0.294. The number of piperazine rings is 1. The van der Waals surface area contributed by atoms with Crippen LogP contribution in [0, 0.1) is 0 Å². The molecule has 0 bridgehead atoms. The van der Waals surface area contributed by atoms with E-state index in [2.05, 4.69) is 30.8 Å². The van der Waals surface area contributed by atoms with Crippen LogP contribution in [-0.4, -0.2) is 54.5 Å². The summed E-state index contributed by atoms with van der Waals surface area (Å²) in [4.78, 5) is 34.9. The van der Waals surface area contributed by atoms with Crippen LogP contribution < -0.4 is 20.9 Å². The maximum Gasteiger partial charge on any atom is 0.253 e. The van der Waals surface area contributed by atoms with Crippen molar-refractivity contribution in [3.63, 3.8) is 0 Å². The lowest BCUT2D eigenvalue weighted by molar-refractivity contribution is -0.115.